The number of anilines is 2. The Balaban J connectivity index is 1.78. The zero-order valence-corrected chi connectivity index (χ0v) is 17.4. The largest absolute Gasteiger partial charge is 0.376 e. The molecule has 2 aliphatic rings. The molecule has 6 nitrogen and oxygen atoms in total. The van der Waals surface area contributed by atoms with Crippen LogP contribution in [0, 0.1) is 5.92 Å². The summed E-state index contributed by atoms with van der Waals surface area (Å²) in [5.74, 6) is 0.280. The van der Waals surface area contributed by atoms with E-state index >= 15 is 0 Å². The number of nitrogens with zero attached hydrogens (tertiary/aromatic N) is 1. The summed E-state index contributed by atoms with van der Waals surface area (Å²) in [5, 5.41) is 5.14. The van der Waals surface area contributed by atoms with Gasteiger partial charge in [0.25, 0.3) is 5.91 Å². The molecule has 0 saturated carbocycles. The van der Waals surface area contributed by atoms with Crippen LogP contribution in [0.4, 0.5) is 11.4 Å². The van der Waals surface area contributed by atoms with Gasteiger partial charge in [-0.05, 0) is 56.7 Å². The van der Waals surface area contributed by atoms with Crippen LogP contribution >= 0.6 is 11.6 Å². The van der Waals surface area contributed by atoms with Crippen LogP contribution in [0.5, 0.6) is 0 Å². The van der Waals surface area contributed by atoms with Crippen LogP contribution in [-0.2, 0) is 9.53 Å². The number of ether oxygens (including phenoxy) is 1. The molecule has 2 saturated heterocycles. The maximum atomic E-state index is 13.0. The number of rotatable bonds is 6. The molecule has 7 heteroatoms. The molecule has 2 N–H and O–H groups in total. The van der Waals surface area contributed by atoms with Crippen molar-refractivity contribution in [3.8, 4) is 0 Å². The second-order valence-electron chi connectivity index (χ2n) is 7.85. The topological polar surface area (TPSA) is 70.7 Å². The molecule has 0 radical (unpaired) electrons. The fourth-order valence-corrected chi connectivity index (χ4v) is 3.72. The van der Waals surface area contributed by atoms with Gasteiger partial charge in [0, 0.05) is 37.6 Å². The molecule has 28 heavy (non-hydrogen) atoms. The smallest absolute Gasteiger partial charge is 0.253 e. The number of halogens is 1. The van der Waals surface area contributed by atoms with Crippen LogP contribution < -0.4 is 15.5 Å². The van der Waals surface area contributed by atoms with Crippen molar-refractivity contribution in [1.82, 2.24) is 5.32 Å². The van der Waals surface area contributed by atoms with E-state index in [9.17, 15) is 9.59 Å². The first-order valence-corrected chi connectivity index (χ1v) is 10.6. The molecule has 2 atom stereocenters. The summed E-state index contributed by atoms with van der Waals surface area (Å²) in [4.78, 5) is 27.2. The summed E-state index contributed by atoms with van der Waals surface area (Å²) >= 11 is 5.86. The quantitative estimate of drug-likeness (QED) is 0.709. The molecule has 3 rings (SSSR count). The van der Waals surface area contributed by atoms with E-state index in [1.54, 1.807) is 13.0 Å². The number of benzene rings is 1. The minimum atomic E-state index is -0.639. The zero-order chi connectivity index (χ0) is 20.1. The van der Waals surface area contributed by atoms with Crippen LogP contribution in [0.3, 0.4) is 0 Å². The molecule has 1 aromatic carbocycles. The van der Waals surface area contributed by atoms with Crippen LogP contribution in [0.2, 0.25) is 0 Å². The highest BCUT2D eigenvalue weighted by Crippen LogP contribution is 2.29. The normalized spacial score (nSPS) is 21.4. The number of carbonyl (C=O) groups is 2. The molecule has 0 aliphatic carbocycles. The monoisotopic (exact) mass is 407 g/mol. The van der Waals surface area contributed by atoms with E-state index < -0.39 is 5.38 Å². The van der Waals surface area contributed by atoms with Crippen molar-refractivity contribution in [2.24, 2.45) is 5.92 Å². The Morgan fingerprint density at radius 2 is 2.04 bits per heavy atom. The third-order valence-corrected chi connectivity index (χ3v) is 5.71. The first-order chi connectivity index (χ1) is 13.4. The first-order valence-electron chi connectivity index (χ1n) is 10.2. The van der Waals surface area contributed by atoms with E-state index in [1.807, 2.05) is 12.1 Å². The Labute approximate surface area is 171 Å². The molecule has 0 spiro atoms. The number of nitrogens with one attached hydrogen (secondary N) is 2. The minimum absolute atomic E-state index is 0.0863. The van der Waals surface area contributed by atoms with Crippen molar-refractivity contribution in [2.45, 2.75) is 51.0 Å². The molecule has 154 valence electrons. The van der Waals surface area contributed by atoms with Crippen molar-refractivity contribution in [2.75, 3.05) is 36.5 Å². The van der Waals surface area contributed by atoms with Gasteiger partial charge in [0.05, 0.1) is 11.7 Å². The van der Waals surface area contributed by atoms with Gasteiger partial charge in [0.2, 0.25) is 5.91 Å². The van der Waals surface area contributed by atoms with Crippen LogP contribution in [0.25, 0.3) is 0 Å². The van der Waals surface area contributed by atoms with Crippen molar-refractivity contribution in [1.29, 1.82) is 0 Å². The van der Waals surface area contributed by atoms with Crippen LogP contribution in [0.15, 0.2) is 18.2 Å². The molecule has 0 bridgehead atoms. The molecule has 2 amide bonds. The highest BCUT2D eigenvalue weighted by molar-refractivity contribution is 6.32. The Bertz CT molecular complexity index is 696. The van der Waals surface area contributed by atoms with E-state index in [4.69, 9.17) is 16.3 Å². The lowest BCUT2D eigenvalue weighted by Gasteiger charge is -2.33. The maximum Gasteiger partial charge on any atom is 0.253 e. The van der Waals surface area contributed by atoms with Gasteiger partial charge in [-0.15, -0.1) is 11.6 Å². The van der Waals surface area contributed by atoms with Gasteiger partial charge in [-0.2, -0.15) is 0 Å². The number of hydrogen-bond acceptors (Lipinski definition) is 4. The highest BCUT2D eigenvalue weighted by Gasteiger charge is 2.23. The van der Waals surface area contributed by atoms with E-state index in [0.717, 1.165) is 51.1 Å². The van der Waals surface area contributed by atoms with Crippen LogP contribution in [-0.4, -0.2) is 49.5 Å². The molecule has 2 fully saturated rings. The number of hydrogen-bond donors (Lipinski definition) is 2. The van der Waals surface area contributed by atoms with Crippen molar-refractivity contribution in [3.63, 3.8) is 0 Å². The number of amides is 2. The van der Waals surface area contributed by atoms with E-state index in [1.165, 1.54) is 0 Å². The fourth-order valence-electron chi connectivity index (χ4n) is 3.67. The second kappa shape index (κ2) is 9.61. The van der Waals surface area contributed by atoms with Gasteiger partial charge in [-0.3, -0.25) is 9.59 Å². The Kier molecular flexibility index (Phi) is 7.18. The second-order valence-corrected chi connectivity index (χ2v) is 8.51. The molecule has 2 heterocycles. The summed E-state index contributed by atoms with van der Waals surface area (Å²) in [6.07, 6.45) is 4.32. The van der Waals surface area contributed by atoms with Crippen molar-refractivity contribution >= 4 is 34.8 Å². The third-order valence-electron chi connectivity index (χ3n) is 5.51. The van der Waals surface area contributed by atoms with E-state index in [0.29, 0.717) is 23.7 Å². The predicted octanol–water partition coefficient (Wildman–Crippen LogP) is 3.40. The molecular weight excluding hydrogens is 378 g/mol. The lowest BCUT2D eigenvalue weighted by molar-refractivity contribution is -0.115. The maximum absolute atomic E-state index is 13.0. The van der Waals surface area contributed by atoms with Crippen molar-refractivity contribution < 1.29 is 14.3 Å². The molecular formula is C21H30ClN3O3. The lowest BCUT2D eigenvalue weighted by atomic mass is 9.97. The van der Waals surface area contributed by atoms with E-state index in [2.05, 4.69) is 22.5 Å². The Morgan fingerprint density at radius 1 is 1.29 bits per heavy atom. The number of alkyl halides is 1. The van der Waals surface area contributed by atoms with Crippen LogP contribution in [0.1, 0.15) is 49.9 Å². The highest BCUT2D eigenvalue weighted by atomic mass is 35.5. The van der Waals surface area contributed by atoms with Gasteiger partial charge in [0.1, 0.15) is 5.38 Å². The van der Waals surface area contributed by atoms with Gasteiger partial charge in [-0.25, -0.2) is 0 Å². The SMILES string of the molecule is CC1CCN(c2ccc(NC(=O)[C@@H](C)Cl)cc2C(=O)NC[C@@H]2CCCO2)CC1. The number of carbonyl (C=O) groups excluding carboxylic acids is 2. The Morgan fingerprint density at radius 3 is 2.68 bits per heavy atom. The van der Waals surface area contributed by atoms with Gasteiger partial charge in [0.15, 0.2) is 0 Å². The standard InChI is InChI=1S/C21H30ClN3O3/c1-14-7-9-25(10-8-14)19-6-5-16(24-20(26)15(2)22)12-18(19)21(27)23-13-17-4-3-11-28-17/h5-6,12,14-15,17H,3-4,7-11,13H2,1-2H3,(H,23,27)(H,24,26)/t15-,17+/m1/s1. The first kappa shape index (κ1) is 20.9. The van der Waals surface area contributed by atoms with Gasteiger partial charge < -0.3 is 20.3 Å². The Hall–Kier alpha value is -1.79. The van der Waals surface area contributed by atoms with Crippen molar-refractivity contribution in [3.05, 3.63) is 23.8 Å². The third kappa shape index (κ3) is 5.39. The molecule has 1 aromatic rings. The average molecular weight is 408 g/mol. The van der Waals surface area contributed by atoms with Gasteiger partial charge >= 0.3 is 0 Å². The number of piperidine rings is 1. The molecule has 2 aliphatic heterocycles. The zero-order valence-electron chi connectivity index (χ0n) is 16.7. The fraction of sp³-hybridized carbons (Fsp3) is 0.619. The minimum Gasteiger partial charge on any atom is -0.376 e. The summed E-state index contributed by atoms with van der Waals surface area (Å²) in [6.45, 7) is 7.00. The summed E-state index contributed by atoms with van der Waals surface area (Å²) in [5.41, 5.74) is 2.06. The summed E-state index contributed by atoms with van der Waals surface area (Å²) in [6, 6.07) is 5.50. The average Bonchev–Trinajstić information content (AvgIpc) is 3.20. The summed E-state index contributed by atoms with van der Waals surface area (Å²) < 4.78 is 5.60. The predicted molar refractivity (Wildman–Crippen MR) is 112 cm³/mol. The molecule has 0 unspecified atom stereocenters. The van der Waals surface area contributed by atoms with Gasteiger partial charge in [-0.1, -0.05) is 6.92 Å². The summed E-state index contributed by atoms with van der Waals surface area (Å²) in [7, 11) is 0. The van der Waals surface area contributed by atoms with E-state index in [-0.39, 0.29) is 17.9 Å². The molecule has 0 aromatic heterocycles. The lowest BCUT2D eigenvalue weighted by Crippen LogP contribution is -2.36.